The molecule has 1 heterocycles. The number of piperidine rings is 1. The van der Waals surface area contributed by atoms with Crippen molar-refractivity contribution in [3.8, 4) is 0 Å². The number of hydrogen-bond donors (Lipinski definition) is 1. The molecule has 0 radical (unpaired) electrons. The molecule has 2 N–H and O–H groups in total. The summed E-state index contributed by atoms with van der Waals surface area (Å²) in [5, 5.41) is 0. The van der Waals surface area contributed by atoms with Crippen molar-refractivity contribution in [2.24, 2.45) is 17.1 Å². The lowest BCUT2D eigenvalue weighted by Crippen LogP contribution is -2.43. The van der Waals surface area contributed by atoms with Crippen molar-refractivity contribution < 1.29 is 13.2 Å². The molecule has 6 heteroatoms. The SMILES string of the molecule is CC(C)(CCN1CCCC(C(F)(F)F)C1)C(N)=S. The summed E-state index contributed by atoms with van der Waals surface area (Å²) in [6.07, 6.45) is -2.51. The van der Waals surface area contributed by atoms with Crippen LogP contribution in [0.25, 0.3) is 0 Å². The second-order valence-corrected chi connectivity index (χ2v) is 6.12. The van der Waals surface area contributed by atoms with E-state index in [9.17, 15) is 13.2 Å². The quantitative estimate of drug-likeness (QED) is 0.804. The number of nitrogens with zero attached hydrogens (tertiary/aromatic N) is 1. The Bertz CT molecular complexity index is 302. The molecule has 0 aliphatic carbocycles. The molecular weight excluding hydrogens is 261 g/mol. The summed E-state index contributed by atoms with van der Waals surface area (Å²) in [5.41, 5.74) is 5.32. The molecule has 1 aliphatic rings. The molecule has 1 saturated heterocycles. The van der Waals surface area contributed by atoms with Gasteiger partial charge in [-0.1, -0.05) is 26.1 Å². The van der Waals surface area contributed by atoms with E-state index in [0.29, 0.717) is 24.4 Å². The molecule has 0 aromatic rings. The van der Waals surface area contributed by atoms with Crippen molar-refractivity contribution >= 4 is 17.2 Å². The fraction of sp³-hybridized carbons (Fsp3) is 0.917. The lowest BCUT2D eigenvalue weighted by atomic mass is 9.88. The van der Waals surface area contributed by atoms with Crippen molar-refractivity contribution in [1.82, 2.24) is 4.90 Å². The lowest BCUT2D eigenvalue weighted by Gasteiger charge is -2.35. The van der Waals surface area contributed by atoms with E-state index >= 15 is 0 Å². The maximum atomic E-state index is 12.6. The van der Waals surface area contributed by atoms with Gasteiger partial charge in [0.1, 0.15) is 0 Å². The Hall–Kier alpha value is -0.360. The fourth-order valence-corrected chi connectivity index (χ4v) is 2.19. The molecule has 1 atom stereocenters. The largest absolute Gasteiger partial charge is 0.393 e. The van der Waals surface area contributed by atoms with E-state index in [1.165, 1.54) is 0 Å². The first-order chi connectivity index (χ1) is 8.13. The highest BCUT2D eigenvalue weighted by molar-refractivity contribution is 7.80. The molecule has 106 valence electrons. The van der Waals surface area contributed by atoms with Crippen LogP contribution in [0.1, 0.15) is 33.1 Å². The zero-order valence-electron chi connectivity index (χ0n) is 10.9. The third-order valence-electron chi connectivity index (χ3n) is 3.69. The topological polar surface area (TPSA) is 29.3 Å². The summed E-state index contributed by atoms with van der Waals surface area (Å²) in [6.45, 7) is 5.33. The Labute approximate surface area is 112 Å². The second-order valence-electron chi connectivity index (χ2n) is 5.68. The van der Waals surface area contributed by atoms with Crippen LogP contribution in [0.15, 0.2) is 0 Å². The number of likely N-dealkylation sites (tertiary alicyclic amines) is 1. The third-order valence-corrected chi connectivity index (χ3v) is 4.24. The monoisotopic (exact) mass is 282 g/mol. The number of thiocarbonyl (C=S) groups is 1. The van der Waals surface area contributed by atoms with Crippen LogP contribution in [0.5, 0.6) is 0 Å². The van der Waals surface area contributed by atoms with E-state index in [-0.39, 0.29) is 18.4 Å². The molecule has 0 amide bonds. The van der Waals surface area contributed by atoms with Crippen molar-refractivity contribution in [2.45, 2.75) is 39.3 Å². The van der Waals surface area contributed by atoms with Crippen molar-refractivity contribution in [1.29, 1.82) is 0 Å². The molecule has 2 nitrogen and oxygen atoms in total. The predicted octanol–water partition coefficient (Wildman–Crippen LogP) is 2.96. The average molecular weight is 282 g/mol. The van der Waals surface area contributed by atoms with E-state index in [1.807, 2.05) is 18.7 Å². The highest BCUT2D eigenvalue weighted by Gasteiger charge is 2.41. The van der Waals surface area contributed by atoms with E-state index < -0.39 is 12.1 Å². The maximum absolute atomic E-state index is 12.6. The molecule has 18 heavy (non-hydrogen) atoms. The van der Waals surface area contributed by atoms with Gasteiger partial charge in [-0.3, -0.25) is 0 Å². The summed E-state index contributed by atoms with van der Waals surface area (Å²) in [5.74, 6) is -1.18. The molecule has 0 spiro atoms. The van der Waals surface area contributed by atoms with Crippen LogP contribution in [-0.4, -0.2) is 35.7 Å². The van der Waals surface area contributed by atoms with Crippen LogP contribution in [0, 0.1) is 11.3 Å². The van der Waals surface area contributed by atoms with E-state index in [2.05, 4.69) is 0 Å². The second kappa shape index (κ2) is 5.74. The van der Waals surface area contributed by atoms with Gasteiger partial charge in [0.05, 0.1) is 10.9 Å². The summed E-state index contributed by atoms with van der Waals surface area (Å²) >= 11 is 4.96. The number of nitrogens with two attached hydrogens (primary N) is 1. The minimum Gasteiger partial charge on any atom is -0.393 e. The first-order valence-corrected chi connectivity index (χ1v) is 6.63. The van der Waals surface area contributed by atoms with Crippen LogP contribution in [0.2, 0.25) is 0 Å². The van der Waals surface area contributed by atoms with Crippen LogP contribution >= 0.6 is 12.2 Å². The first-order valence-electron chi connectivity index (χ1n) is 6.22. The van der Waals surface area contributed by atoms with Crippen molar-refractivity contribution in [2.75, 3.05) is 19.6 Å². The van der Waals surface area contributed by atoms with Gasteiger partial charge in [-0.05, 0) is 32.4 Å². The average Bonchev–Trinajstić information content (AvgIpc) is 2.25. The maximum Gasteiger partial charge on any atom is 0.393 e. The van der Waals surface area contributed by atoms with Gasteiger partial charge in [0.25, 0.3) is 0 Å². The molecule has 0 aromatic carbocycles. The zero-order valence-corrected chi connectivity index (χ0v) is 11.7. The summed E-state index contributed by atoms with van der Waals surface area (Å²) in [7, 11) is 0. The van der Waals surface area contributed by atoms with Gasteiger partial charge in [0.15, 0.2) is 0 Å². The van der Waals surface area contributed by atoms with Crippen molar-refractivity contribution in [3.63, 3.8) is 0 Å². The summed E-state index contributed by atoms with van der Waals surface area (Å²) in [4.78, 5) is 2.30. The Balaban J connectivity index is 2.47. The molecule has 1 unspecified atom stereocenters. The molecule has 1 fully saturated rings. The minimum atomic E-state index is -4.07. The lowest BCUT2D eigenvalue weighted by molar-refractivity contribution is -0.186. The van der Waals surface area contributed by atoms with Gasteiger partial charge in [0, 0.05) is 12.0 Å². The summed E-state index contributed by atoms with van der Waals surface area (Å²) < 4.78 is 37.9. The zero-order chi connectivity index (χ0) is 14.0. The predicted molar refractivity (Wildman–Crippen MR) is 70.4 cm³/mol. The highest BCUT2D eigenvalue weighted by Crippen LogP contribution is 2.33. The standard InChI is InChI=1S/C12H21F3N2S/c1-11(2,10(16)18)5-7-17-6-3-4-9(8-17)12(13,14)15/h9H,3-8H2,1-2H3,(H2,16,18). The number of halogens is 3. The van der Waals surface area contributed by atoms with Gasteiger partial charge in [-0.25, -0.2) is 0 Å². The van der Waals surface area contributed by atoms with Gasteiger partial charge >= 0.3 is 6.18 Å². The highest BCUT2D eigenvalue weighted by atomic mass is 32.1. The van der Waals surface area contributed by atoms with E-state index in [1.54, 1.807) is 0 Å². The Kier molecular flexibility index (Phi) is 5.00. The molecule has 1 aliphatic heterocycles. The summed E-state index contributed by atoms with van der Waals surface area (Å²) in [6, 6.07) is 0. The Morgan fingerprint density at radius 3 is 2.50 bits per heavy atom. The number of rotatable bonds is 4. The molecule has 1 rings (SSSR count). The molecule has 0 aromatic heterocycles. The smallest absolute Gasteiger partial charge is 0.393 e. The van der Waals surface area contributed by atoms with Gasteiger partial charge in [-0.15, -0.1) is 0 Å². The van der Waals surface area contributed by atoms with Gasteiger partial charge in [0.2, 0.25) is 0 Å². The van der Waals surface area contributed by atoms with Crippen LogP contribution in [-0.2, 0) is 0 Å². The third kappa shape index (κ3) is 4.39. The Morgan fingerprint density at radius 2 is 2.00 bits per heavy atom. The van der Waals surface area contributed by atoms with Crippen LogP contribution in [0.3, 0.4) is 0 Å². The van der Waals surface area contributed by atoms with Gasteiger partial charge in [-0.2, -0.15) is 13.2 Å². The van der Waals surface area contributed by atoms with Crippen LogP contribution < -0.4 is 5.73 Å². The normalized spacial score (nSPS) is 23.1. The number of hydrogen-bond acceptors (Lipinski definition) is 2. The van der Waals surface area contributed by atoms with E-state index in [4.69, 9.17) is 18.0 Å². The van der Waals surface area contributed by atoms with Gasteiger partial charge < -0.3 is 10.6 Å². The Morgan fingerprint density at radius 1 is 1.39 bits per heavy atom. The molecular formula is C12H21F3N2S. The number of alkyl halides is 3. The molecule has 0 bridgehead atoms. The minimum absolute atomic E-state index is 0.108. The first kappa shape index (κ1) is 15.7. The van der Waals surface area contributed by atoms with Crippen LogP contribution in [0.4, 0.5) is 13.2 Å². The van der Waals surface area contributed by atoms with Crippen molar-refractivity contribution in [3.05, 3.63) is 0 Å². The van der Waals surface area contributed by atoms with E-state index in [0.717, 1.165) is 6.54 Å². The fourth-order valence-electron chi connectivity index (χ4n) is 2.09. The molecule has 0 saturated carbocycles.